The number of rotatable bonds is 5. The molecule has 8 nitrogen and oxygen atoms in total. The topological polar surface area (TPSA) is 128 Å². The number of nitro benzene ring substituents is 1. The highest BCUT2D eigenvalue weighted by Crippen LogP contribution is 2.43. The Morgan fingerprint density at radius 1 is 1.12 bits per heavy atom. The molecule has 0 saturated heterocycles. The van der Waals surface area contributed by atoms with Crippen LogP contribution in [0, 0.1) is 21.4 Å². The van der Waals surface area contributed by atoms with Crippen LogP contribution in [0.25, 0.3) is 0 Å². The van der Waals surface area contributed by atoms with E-state index in [0.29, 0.717) is 16.9 Å². The Bertz CT molecular complexity index is 1280. The van der Waals surface area contributed by atoms with Gasteiger partial charge in [-0.1, -0.05) is 48.5 Å². The Hall–Kier alpha value is -4.64. The molecule has 1 atom stereocenters. The number of esters is 1. The molecule has 0 saturated carbocycles. The largest absolute Gasteiger partial charge is 0.440 e. The van der Waals surface area contributed by atoms with Crippen molar-refractivity contribution in [3.63, 3.8) is 0 Å². The lowest BCUT2D eigenvalue weighted by molar-refractivity contribution is -0.384. The van der Waals surface area contributed by atoms with Crippen molar-refractivity contribution in [2.75, 3.05) is 0 Å². The van der Waals surface area contributed by atoms with Gasteiger partial charge in [0.15, 0.2) is 0 Å². The van der Waals surface area contributed by atoms with Crippen LogP contribution in [-0.4, -0.2) is 10.9 Å². The summed E-state index contributed by atoms with van der Waals surface area (Å²) in [4.78, 5) is 23.0. The molecule has 1 unspecified atom stereocenters. The lowest BCUT2D eigenvalue weighted by Crippen LogP contribution is -2.21. The van der Waals surface area contributed by atoms with Crippen LogP contribution in [0.5, 0.6) is 11.5 Å². The van der Waals surface area contributed by atoms with Gasteiger partial charge in [0.1, 0.15) is 23.1 Å². The Morgan fingerprint density at radius 3 is 2.62 bits per heavy atom. The van der Waals surface area contributed by atoms with Gasteiger partial charge in [-0.3, -0.25) is 14.9 Å². The van der Waals surface area contributed by atoms with Crippen molar-refractivity contribution in [2.45, 2.75) is 12.3 Å². The fourth-order valence-electron chi connectivity index (χ4n) is 3.59. The number of allylic oxidation sites excluding steroid dienone is 1. The maximum atomic E-state index is 12.3. The number of hydrogen-bond acceptors (Lipinski definition) is 7. The number of ether oxygens (including phenoxy) is 2. The molecule has 0 aliphatic carbocycles. The number of carbonyl (C=O) groups excluding carboxylic acids is 1. The number of nitrogens with zero attached hydrogens (tertiary/aromatic N) is 2. The maximum Gasteiger partial charge on any atom is 0.315 e. The number of fused-ring (bicyclic) bond motifs is 1. The van der Waals surface area contributed by atoms with Crippen LogP contribution in [0.2, 0.25) is 0 Å². The van der Waals surface area contributed by atoms with Gasteiger partial charge in [-0.2, -0.15) is 5.26 Å². The van der Waals surface area contributed by atoms with E-state index in [9.17, 15) is 20.2 Å². The van der Waals surface area contributed by atoms with Gasteiger partial charge in [-0.25, -0.2) is 0 Å². The van der Waals surface area contributed by atoms with Gasteiger partial charge in [0.05, 0.1) is 17.3 Å². The molecule has 0 fully saturated rings. The Labute approximate surface area is 183 Å². The second kappa shape index (κ2) is 8.62. The lowest BCUT2D eigenvalue weighted by atomic mass is 9.83. The molecule has 1 aliphatic heterocycles. The minimum Gasteiger partial charge on any atom is -0.440 e. The first-order valence-electron chi connectivity index (χ1n) is 9.66. The van der Waals surface area contributed by atoms with Gasteiger partial charge < -0.3 is 15.2 Å². The number of non-ortho nitro benzene ring substituents is 1. The van der Waals surface area contributed by atoms with E-state index in [2.05, 4.69) is 0 Å². The van der Waals surface area contributed by atoms with Crippen LogP contribution in [0.1, 0.15) is 22.6 Å². The molecule has 0 aromatic heterocycles. The van der Waals surface area contributed by atoms with Crippen molar-refractivity contribution >= 4 is 11.7 Å². The van der Waals surface area contributed by atoms with E-state index in [0.717, 1.165) is 5.56 Å². The smallest absolute Gasteiger partial charge is 0.315 e. The van der Waals surface area contributed by atoms with Crippen LogP contribution in [0.15, 0.2) is 84.3 Å². The molecule has 0 spiro atoms. The maximum absolute atomic E-state index is 12.3. The van der Waals surface area contributed by atoms with E-state index < -0.39 is 16.8 Å². The third kappa shape index (κ3) is 4.13. The van der Waals surface area contributed by atoms with Crippen LogP contribution in [0.3, 0.4) is 0 Å². The van der Waals surface area contributed by atoms with E-state index in [4.69, 9.17) is 15.2 Å². The first kappa shape index (κ1) is 20.6. The second-order valence-electron chi connectivity index (χ2n) is 7.11. The Balaban J connectivity index is 1.66. The monoisotopic (exact) mass is 427 g/mol. The number of nitrogens with two attached hydrogens (primary N) is 1. The highest BCUT2D eigenvalue weighted by Gasteiger charge is 2.31. The van der Waals surface area contributed by atoms with Gasteiger partial charge in [0, 0.05) is 23.8 Å². The molecule has 0 amide bonds. The van der Waals surface area contributed by atoms with Crippen molar-refractivity contribution in [3.8, 4) is 17.6 Å². The van der Waals surface area contributed by atoms with Crippen molar-refractivity contribution in [1.29, 1.82) is 5.26 Å². The summed E-state index contributed by atoms with van der Waals surface area (Å²) < 4.78 is 11.0. The van der Waals surface area contributed by atoms with E-state index in [1.165, 1.54) is 18.2 Å². The molecule has 2 N–H and O–H groups in total. The van der Waals surface area contributed by atoms with Gasteiger partial charge in [0.2, 0.25) is 5.88 Å². The van der Waals surface area contributed by atoms with Crippen molar-refractivity contribution in [1.82, 2.24) is 0 Å². The average molecular weight is 427 g/mol. The molecule has 4 rings (SSSR count). The minimum atomic E-state index is -0.655. The fraction of sp³-hybridized carbons (Fsp3) is 0.0833. The first-order chi connectivity index (χ1) is 15.5. The number of hydrogen-bond donors (Lipinski definition) is 1. The first-order valence-corrected chi connectivity index (χ1v) is 9.66. The standard InChI is InChI=1S/C24H17N3O5/c25-14-20-23(16-7-4-8-17(12-16)27(29)30)19-10-9-18(13-21(19)32-24(20)26)31-22(28)11-15-5-2-1-3-6-15/h1-10,12-13,23H,11,26H2. The van der Waals surface area contributed by atoms with Crippen LogP contribution >= 0.6 is 0 Å². The van der Waals surface area contributed by atoms with E-state index in [1.807, 2.05) is 36.4 Å². The molecule has 0 radical (unpaired) electrons. The summed E-state index contributed by atoms with van der Waals surface area (Å²) in [5.41, 5.74) is 7.95. The van der Waals surface area contributed by atoms with Crippen molar-refractivity contribution in [3.05, 3.63) is 111 Å². The quantitative estimate of drug-likeness (QED) is 0.282. The number of carbonyl (C=O) groups is 1. The molecule has 3 aromatic rings. The zero-order chi connectivity index (χ0) is 22.7. The molecule has 1 heterocycles. The summed E-state index contributed by atoms with van der Waals surface area (Å²) in [7, 11) is 0. The van der Waals surface area contributed by atoms with E-state index >= 15 is 0 Å². The second-order valence-corrected chi connectivity index (χ2v) is 7.11. The van der Waals surface area contributed by atoms with Crippen LogP contribution < -0.4 is 15.2 Å². The van der Waals surface area contributed by atoms with Crippen molar-refractivity contribution in [2.24, 2.45) is 5.73 Å². The molecule has 158 valence electrons. The zero-order valence-electron chi connectivity index (χ0n) is 16.7. The molecule has 1 aliphatic rings. The molecular weight excluding hydrogens is 410 g/mol. The predicted octanol–water partition coefficient (Wildman–Crippen LogP) is 3.96. The van der Waals surface area contributed by atoms with Gasteiger partial charge in [-0.05, 0) is 17.2 Å². The number of nitriles is 1. The van der Waals surface area contributed by atoms with Gasteiger partial charge in [0.25, 0.3) is 5.69 Å². The fourth-order valence-corrected chi connectivity index (χ4v) is 3.59. The molecule has 8 heteroatoms. The highest BCUT2D eigenvalue weighted by molar-refractivity contribution is 5.75. The summed E-state index contributed by atoms with van der Waals surface area (Å²) in [5.74, 6) is -0.635. The Kier molecular flexibility index (Phi) is 5.55. The SMILES string of the molecule is N#CC1=C(N)Oc2cc(OC(=O)Cc3ccccc3)ccc2C1c1cccc([N+](=O)[O-])c1. The summed E-state index contributed by atoms with van der Waals surface area (Å²) >= 11 is 0. The third-order valence-electron chi connectivity index (χ3n) is 5.03. The highest BCUT2D eigenvalue weighted by atomic mass is 16.6. The van der Waals surface area contributed by atoms with Gasteiger partial charge in [-0.15, -0.1) is 0 Å². The predicted molar refractivity (Wildman–Crippen MR) is 115 cm³/mol. The van der Waals surface area contributed by atoms with E-state index in [-0.39, 0.29) is 29.3 Å². The summed E-state index contributed by atoms with van der Waals surface area (Å²) in [5, 5.41) is 20.8. The summed E-state index contributed by atoms with van der Waals surface area (Å²) in [6.45, 7) is 0. The molecule has 32 heavy (non-hydrogen) atoms. The third-order valence-corrected chi connectivity index (χ3v) is 5.03. The summed E-state index contributed by atoms with van der Waals surface area (Å²) in [6.07, 6.45) is 0.107. The van der Waals surface area contributed by atoms with Crippen molar-refractivity contribution < 1.29 is 19.2 Å². The van der Waals surface area contributed by atoms with E-state index in [1.54, 1.807) is 24.3 Å². The normalized spacial score (nSPS) is 14.7. The number of nitro groups is 1. The molecular formula is C24H17N3O5. The number of benzene rings is 3. The molecule has 3 aromatic carbocycles. The zero-order valence-corrected chi connectivity index (χ0v) is 16.7. The van der Waals surface area contributed by atoms with Crippen LogP contribution in [-0.2, 0) is 11.2 Å². The summed E-state index contributed by atoms with van der Waals surface area (Å²) in [6, 6.07) is 22.0. The average Bonchev–Trinajstić information content (AvgIpc) is 2.78. The minimum absolute atomic E-state index is 0.0992. The lowest BCUT2D eigenvalue weighted by Gasteiger charge is -2.26. The van der Waals surface area contributed by atoms with Gasteiger partial charge >= 0.3 is 5.97 Å². The Morgan fingerprint density at radius 2 is 1.91 bits per heavy atom. The van der Waals surface area contributed by atoms with Crippen LogP contribution in [0.4, 0.5) is 5.69 Å². The molecule has 0 bridgehead atoms.